The second-order valence-corrected chi connectivity index (χ2v) is 8.11. The summed E-state index contributed by atoms with van der Waals surface area (Å²) in [5.41, 5.74) is 1.06. The van der Waals surface area contributed by atoms with Crippen molar-refractivity contribution in [1.82, 2.24) is 4.90 Å². The van der Waals surface area contributed by atoms with E-state index in [2.05, 4.69) is 10.6 Å². The van der Waals surface area contributed by atoms with Gasteiger partial charge in [0.05, 0.1) is 11.8 Å². The molecule has 4 amide bonds. The summed E-state index contributed by atoms with van der Waals surface area (Å²) >= 11 is 0. The smallest absolute Gasteiger partial charge is 0.326 e. The molecule has 9 nitrogen and oxygen atoms in total. The van der Waals surface area contributed by atoms with Crippen LogP contribution < -0.4 is 10.6 Å². The van der Waals surface area contributed by atoms with Gasteiger partial charge in [-0.25, -0.2) is 0 Å². The first-order chi connectivity index (χ1) is 14.3. The topological polar surface area (TPSA) is 122 Å². The number of nitrogens with zero attached hydrogens (tertiary/aromatic N) is 1. The minimum atomic E-state index is -0.792. The highest BCUT2D eigenvalue weighted by Crippen LogP contribution is 2.56. The van der Waals surface area contributed by atoms with Crippen molar-refractivity contribution in [2.75, 3.05) is 23.8 Å². The lowest BCUT2D eigenvalue weighted by Gasteiger charge is -2.19. The Morgan fingerprint density at radius 1 is 0.967 bits per heavy atom. The maximum atomic E-state index is 12.6. The third kappa shape index (κ3) is 3.79. The molecule has 0 spiro atoms. The molecule has 9 heteroatoms. The number of benzene rings is 1. The summed E-state index contributed by atoms with van der Waals surface area (Å²) in [5.74, 6) is -2.17. The average molecular weight is 413 g/mol. The molecule has 158 valence electrons. The number of esters is 1. The lowest BCUT2D eigenvalue weighted by Crippen LogP contribution is -2.38. The maximum Gasteiger partial charge on any atom is 0.326 e. The van der Waals surface area contributed by atoms with Crippen LogP contribution in [0.4, 0.5) is 11.4 Å². The molecule has 2 bridgehead atoms. The van der Waals surface area contributed by atoms with Gasteiger partial charge in [0.25, 0.3) is 5.91 Å². The van der Waals surface area contributed by atoms with Gasteiger partial charge in [-0.3, -0.25) is 28.9 Å². The Hall–Kier alpha value is -3.23. The van der Waals surface area contributed by atoms with Crippen molar-refractivity contribution >= 4 is 41.0 Å². The van der Waals surface area contributed by atoms with Gasteiger partial charge in [-0.05, 0) is 55.4 Å². The van der Waals surface area contributed by atoms with Gasteiger partial charge in [0, 0.05) is 18.3 Å². The predicted octanol–water partition coefficient (Wildman–Crippen LogP) is 1.16. The first kappa shape index (κ1) is 20.1. The lowest BCUT2D eigenvalue weighted by atomic mass is 9.81. The van der Waals surface area contributed by atoms with E-state index in [0.29, 0.717) is 11.4 Å². The molecule has 0 aromatic heterocycles. The number of nitrogens with one attached hydrogen (secondary N) is 2. The molecule has 30 heavy (non-hydrogen) atoms. The number of carbonyl (C=O) groups is 5. The normalized spacial score (nSPS) is 26.5. The van der Waals surface area contributed by atoms with E-state index < -0.39 is 25.0 Å². The zero-order chi connectivity index (χ0) is 21.4. The van der Waals surface area contributed by atoms with Crippen LogP contribution in [0.1, 0.15) is 26.2 Å². The highest BCUT2D eigenvalue weighted by atomic mass is 16.5. The molecule has 1 saturated heterocycles. The number of ether oxygens (including phenoxy) is 1. The van der Waals surface area contributed by atoms with Crippen LogP contribution in [0.25, 0.3) is 0 Å². The fraction of sp³-hybridized carbons (Fsp3) is 0.476. The second-order valence-electron chi connectivity index (χ2n) is 8.11. The van der Waals surface area contributed by atoms with Crippen LogP contribution in [0.2, 0.25) is 0 Å². The van der Waals surface area contributed by atoms with Crippen LogP contribution in [0, 0.1) is 23.7 Å². The number of carbonyl (C=O) groups excluding carboxylic acids is 5. The van der Waals surface area contributed by atoms with Crippen molar-refractivity contribution in [1.29, 1.82) is 0 Å². The van der Waals surface area contributed by atoms with Crippen LogP contribution in [-0.4, -0.2) is 47.6 Å². The predicted molar refractivity (Wildman–Crippen MR) is 105 cm³/mol. The molecule has 1 aliphatic heterocycles. The molecule has 0 radical (unpaired) electrons. The Bertz CT molecular complexity index is 884. The molecule has 0 unspecified atom stereocenters. The van der Waals surface area contributed by atoms with Gasteiger partial charge >= 0.3 is 5.97 Å². The molecule has 1 heterocycles. The largest absolute Gasteiger partial charge is 0.454 e. The summed E-state index contributed by atoms with van der Waals surface area (Å²) in [4.78, 5) is 61.3. The molecule has 2 saturated carbocycles. The average Bonchev–Trinajstić information content (AvgIpc) is 3.38. The highest BCUT2D eigenvalue weighted by molar-refractivity contribution is 6.08. The second kappa shape index (κ2) is 7.89. The number of anilines is 2. The number of amides is 4. The van der Waals surface area contributed by atoms with Crippen LogP contribution in [0.5, 0.6) is 0 Å². The number of fused-ring (bicyclic) bond motifs is 5. The Morgan fingerprint density at radius 3 is 2.03 bits per heavy atom. The number of likely N-dealkylation sites (tertiary alicyclic amines) is 1. The van der Waals surface area contributed by atoms with E-state index in [1.54, 1.807) is 24.3 Å². The summed E-state index contributed by atoms with van der Waals surface area (Å²) in [6.45, 7) is 0.410. The molecule has 4 atom stereocenters. The summed E-state index contributed by atoms with van der Waals surface area (Å²) in [5, 5.41) is 5.17. The van der Waals surface area contributed by atoms with Crippen molar-refractivity contribution in [3.8, 4) is 0 Å². The first-order valence-electron chi connectivity index (χ1n) is 10.0. The Balaban J connectivity index is 1.25. The van der Waals surface area contributed by atoms with E-state index in [1.165, 1.54) is 6.92 Å². The monoisotopic (exact) mass is 413 g/mol. The first-order valence-corrected chi connectivity index (χ1v) is 10.0. The van der Waals surface area contributed by atoms with Crippen molar-refractivity contribution < 1.29 is 28.7 Å². The van der Waals surface area contributed by atoms with Gasteiger partial charge < -0.3 is 15.4 Å². The molecule has 1 aromatic carbocycles. The fourth-order valence-electron chi connectivity index (χ4n) is 4.98. The molecule has 2 N–H and O–H groups in total. The molecular weight excluding hydrogens is 390 g/mol. The highest BCUT2D eigenvalue weighted by Gasteiger charge is 2.61. The molecule has 3 aliphatic rings. The summed E-state index contributed by atoms with van der Waals surface area (Å²) in [6, 6.07) is 6.44. The molecule has 4 rings (SSSR count). The summed E-state index contributed by atoms with van der Waals surface area (Å²) in [6.07, 6.45) is 2.86. The number of hydrogen-bond acceptors (Lipinski definition) is 6. The Morgan fingerprint density at radius 2 is 1.50 bits per heavy atom. The summed E-state index contributed by atoms with van der Waals surface area (Å²) < 4.78 is 4.95. The van der Waals surface area contributed by atoms with Crippen molar-refractivity contribution in [3.63, 3.8) is 0 Å². The van der Waals surface area contributed by atoms with Gasteiger partial charge in [-0.1, -0.05) is 0 Å². The zero-order valence-electron chi connectivity index (χ0n) is 16.6. The molecule has 2 aliphatic carbocycles. The van der Waals surface area contributed by atoms with Crippen molar-refractivity contribution in [2.24, 2.45) is 23.7 Å². The SMILES string of the molecule is CC(=O)Nc1ccc(NC(=O)COC(=O)CN2C(=O)[C@H]3[C@@H]4CC[C@@H](C4)[C@@H]3C2=O)cc1. The van der Waals surface area contributed by atoms with E-state index in [9.17, 15) is 24.0 Å². The van der Waals surface area contributed by atoms with Crippen LogP contribution in [0.15, 0.2) is 24.3 Å². The minimum absolute atomic E-state index is 0.204. The van der Waals surface area contributed by atoms with Crippen molar-refractivity contribution in [3.05, 3.63) is 24.3 Å². The number of rotatable bonds is 6. The van der Waals surface area contributed by atoms with Crippen LogP contribution in [-0.2, 0) is 28.7 Å². The molecule has 1 aromatic rings. The molecule has 3 fully saturated rings. The van der Waals surface area contributed by atoms with E-state index in [4.69, 9.17) is 4.74 Å². The Labute approximate surface area is 173 Å². The Kier molecular flexibility index (Phi) is 5.27. The lowest BCUT2D eigenvalue weighted by molar-refractivity contribution is -0.154. The van der Waals surface area contributed by atoms with E-state index in [0.717, 1.165) is 24.2 Å². The fourth-order valence-corrected chi connectivity index (χ4v) is 4.98. The van der Waals surface area contributed by atoms with E-state index in [-0.39, 0.29) is 41.4 Å². The maximum absolute atomic E-state index is 12.6. The zero-order valence-corrected chi connectivity index (χ0v) is 16.6. The quantitative estimate of drug-likeness (QED) is 0.533. The third-order valence-electron chi connectivity index (χ3n) is 6.16. The standard InChI is InChI=1S/C21H23N3O6/c1-11(25)22-14-4-6-15(7-5-14)23-16(26)10-30-17(27)9-24-20(28)18-12-2-3-13(8-12)19(18)21(24)29/h4-7,12-13,18-19H,2-3,8-10H2,1H3,(H,22,25)(H,23,26)/t12-,13+,18-,19-/m0/s1. The van der Waals surface area contributed by atoms with E-state index >= 15 is 0 Å². The third-order valence-corrected chi connectivity index (χ3v) is 6.16. The van der Waals surface area contributed by atoms with Crippen molar-refractivity contribution in [2.45, 2.75) is 26.2 Å². The van der Waals surface area contributed by atoms with Gasteiger partial charge in [0.2, 0.25) is 17.7 Å². The minimum Gasteiger partial charge on any atom is -0.454 e. The molecular formula is C21H23N3O6. The number of imide groups is 1. The summed E-state index contributed by atoms with van der Waals surface area (Å²) in [7, 11) is 0. The van der Waals surface area contributed by atoms with Crippen LogP contribution >= 0.6 is 0 Å². The van der Waals surface area contributed by atoms with Gasteiger partial charge in [0.15, 0.2) is 6.61 Å². The van der Waals surface area contributed by atoms with E-state index in [1.807, 2.05) is 0 Å². The van der Waals surface area contributed by atoms with Crippen LogP contribution in [0.3, 0.4) is 0 Å². The number of hydrogen-bond donors (Lipinski definition) is 2. The van der Waals surface area contributed by atoms with Gasteiger partial charge in [-0.15, -0.1) is 0 Å². The van der Waals surface area contributed by atoms with Gasteiger partial charge in [-0.2, -0.15) is 0 Å². The van der Waals surface area contributed by atoms with Gasteiger partial charge in [0.1, 0.15) is 6.54 Å².